The molecule has 0 radical (unpaired) electrons. The molecule has 0 bridgehead atoms. The van der Waals surface area contributed by atoms with Crippen molar-refractivity contribution in [1.82, 2.24) is 30.0 Å². The molecule has 8 nitrogen and oxygen atoms in total. The largest absolute Gasteiger partial charge is 0.476 e. The van der Waals surface area contributed by atoms with Crippen molar-refractivity contribution in [3.63, 3.8) is 0 Å². The summed E-state index contributed by atoms with van der Waals surface area (Å²) in [5, 5.41) is 23.8. The summed E-state index contributed by atoms with van der Waals surface area (Å²) in [7, 11) is 3.20. The van der Waals surface area contributed by atoms with Crippen LogP contribution in [0.3, 0.4) is 0 Å². The zero-order valence-electron chi connectivity index (χ0n) is 8.12. The topological polar surface area (TPSA) is 98.7 Å². The summed E-state index contributed by atoms with van der Waals surface area (Å²) < 4.78 is 2.65. The zero-order valence-corrected chi connectivity index (χ0v) is 8.12. The predicted molar refractivity (Wildman–Crippen MR) is 48.0 cm³/mol. The number of hydrogen-bond acceptors (Lipinski definition) is 5. The number of aromatic nitrogens is 6. The van der Waals surface area contributed by atoms with Gasteiger partial charge in [-0.15, -0.1) is 10.2 Å². The minimum atomic E-state index is -1.09. The third-order valence-electron chi connectivity index (χ3n) is 1.87. The quantitative estimate of drug-likeness (QED) is 0.701. The average molecular weight is 208 g/mol. The summed E-state index contributed by atoms with van der Waals surface area (Å²) in [6.45, 7) is 0. The van der Waals surface area contributed by atoms with E-state index in [9.17, 15) is 4.79 Å². The van der Waals surface area contributed by atoms with Gasteiger partial charge < -0.3 is 5.11 Å². The van der Waals surface area contributed by atoms with Crippen LogP contribution in [0.1, 0.15) is 10.5 Å². The first-order valence-electron chi connectivity index (χ1n) is 4.09. The average Bonchev–Trinajstić information content (AvgIpc) is 2.71. The summed E-state index contributed by atoms with van der Waals surface area (Å²) in [6, 6.07) is 0. The molecule has 0 saturated heterocycles. The van der Waals surface area contributed by atoms with E-state index in [4.69, 9.17) is 5.11 Å². The Morgan fingerprint density at radius 3 is 2.60 bits per heavy atom. The Hall–Kier alpha value is -2.25. The normalized spacial score (nSPS) is 10.5. The molecular formula is C7H8N6O2. The van der Waals surface area contributed by atoms with E-state index >= 15 is 0 Å². The minimum Gasteiger partial charge on any atom is -0.476 e. The highest BCUT2D eigenvalue weighted by atomic mass is 16.4. The molecule has 0 fully saturated rings. The van der Waals surface area contributed by atoms with Gasteiger partial charge in [0.2, 0.25) is 0 Å². The number of carboxylic acids is 1. The van der Waals surface area contributed by atoms with E-state index in [0.717, 1.165) is 0 Å². The fourth-order valence-electron chi connectivity index (χ4n) is 1.23. The maximum absolute atomic E-state index is 10.9. The van der Waals surface area contributed by atoms with Crippen LogP contribution < -0.4 is 0 Å². The van der Waals surface area contributed by atoms with Gasteiger partial charge in [0.1, 0.15) is 11.4 Å². The number of aromatic carboxylic acids is 1. The van der Waals surface area contributed by atoms with Gasteiger partial charge in [-0.1, -0.05) is 10.4 Å². The number of nitrogens with zero attached hydrogens (tertiary/aromatic N) is 6. The summed E-state index contributed by atoms with van der Waals surface area (Å²) in [6.07, 6.45) is 1.58. The highest BCUT2D eigenvalue weighted by Gasteiger charge is 2.20. The van der Waals surface area contributed by atoms with Gasteiger partial charge in [-0.3, -0.25) is 4.68 Å². The lowest BCUT2D eigenvalue weighted by atomic mass is 10.2. The van der Waals surface area contributed by atoms with Gasteiger partial charge in [0.05, 0.1) is 6.20 Å². The zero-order chi connectivity index (χ0) is 11.0. The first-order valence-corrected chi connectivity index (χ1v) is 4.09. The maximum atomic E-state index is 10.9. The molecule has 2 aromatic rings. The number of carboxylic acid groups (broad SMARTS) is 1. The van der Waals surface area contributed by atoms with E-state index in [1.165, 1.54) is 16.4 Å². The van der Waals surface area contributed by atoms with Gasteiger partial charge in [-0.2, -0.15) is 0 Å². The Bertz CT molecular complexity index is 513. The van der Waals surface area contributed by atoms with Crippen molar-refractivity contribution >= 4 is 5.97 Å². The Balaban J connectivity index is 2.58. The summed E-state index contributed by atoms with van der Waals surface area (Å²) in [5.41, 5.74) is 0.608. The lowest BCUT2D eigenvalue weighted by Gasteiger charge is -1.94. The Morgan fingerprint density at radius 2 is 2.07 bits per heavy atom. The monoisotopic (exact) mass is 208 g/mol. The van der Waals surface area contributed by atoms with E-state index in [-0.39, 0.29) is 11.4 Å². The Morgan fingerprint density at radius 1 is 1.33 bits per heavy atom. The lowest BCUT2D eigenvalue weighted by Crippen LogP contribution is -2.06. The molecule has 0 saturated carbocycles. The minimum absolute atomic E-state index is 0.00417. The van der Waals surface area contributed by atoms with Crippen molar-refractivity contribution in [2.45, 2.75) is 0 Å². The molecule has 0 aliphatic heterocycles. The fourth-order valence-corrected chi connectivity index (χ4v) is 1.23. The van der Waals surface area contributed by atoms with Crippen LogP contribution in [0.15, 0.2) is 6.20 Å². The smallest absolute Gasteiger partial charge is 0.356 e. The van der Waals surface area contributed by atoms with E-state index in [1.807, 2.05) is 0 Å². The predicted octanol–water partition coefficient (Wildman–Crippen LogP) is -0.691. The number of hydrogen-bond donors (Lipinski definition) is 1. The number of carbonyl (C=O) groups is 1. The second kappa shape index (κ2) is 3.15. The van der Waals surface area contributed by atoms with E-state index in [2.05, 4.69) is 20.6 Å². The van der Waals surface area contributed by atoms with Crippen molar-refractivity contribution in [3.8, 4) is 11.4 Å². The summed E-state index contributed by atoms with van der Waals surface area (Å²) in [4.78, 5) is 10.9. The van der Waals surface area contributed by atoms with Crippen molar-refractivity contribution in [3.05, 3.63) is 11.9 Å². The lowest BCUT2D eigenvalue weighted by molar-refractivity contribution is 0.0686. The second-order valence-corrected chi connectivity index (χ2v) is 2.99. The summed E-state index contributed by atoms with van der Waals surface area (Å²) >= 11 is 0. The number of rotatable bonds is 2. The molecule has 0 aliphatic carbocycles. The van der Waals surface area contributed by atoms with Crippen LogP contribution in [0.4, 0.5) is 0 Å². The van der Waals surface area contributed by atoms with Gasteiger partial charge in [0, 0.05) is 14.1 Å². The van der Waals surface area contributed by atoms with Gasteiger partial charge in [0.15, 0.2) is 5.69 Å². The Kier molecular flexibility index (Phi) is 1.96. The van der Waals surface area contributed by atoms with Crippen LogP contribution >= 0.6 is 0 Å². The van der Waals surface area contributed by atoms with Gasteiger partial charge in [0.25, 0.3) is 0 Å². The molecule has 78 valence electrons. The maximum Gasteiger partial charge on any atom is 0.356 e. The molecule has 2 rings (SSSR count). The first kappa shape index (κ1) is 9.31. The molecule has 8 heteroatoms. The van der Waals surface area contributed by atoms with Crippen LogP contribution in [0.25, 0.3) is 11.4 Å². The molecule has 0 aliphatic rings. The molecular weight excluding hydrogens is 200 g/mol. The molecule has 0 atom stereocenters. The highest BCUT2D eigenvalue weighted by molar-refractivity contribution is 5.92. The Labute approximate surface area is 84.1 Å². The van der Waals surface area contributed by atoms with Crippen LogP contribution in [0.2, 0.25) is 0 Å². The highest BCUT2D eigenvalue weighted by Crippen LogP contribution is 2.17. The molecule has 1 N–H and O–H groups in total. The standard InChI is InChI=1S/C7H8N6O2/c1-12-3-4(8-10-12)5-6(7(14)15)13(2)11-9-5/h3H,1-2H3,(H,14,15). The van der Waals surface area contributed by atoms with E-state index in [1.54, 1.807) is 13.2 Å². The third kappa shape index (κ3) is 1.45. The molecule has 0 amide bonds. The molecule has 15 heavy (non-hydrogen) atoms. The van der Waals surface area contributed by atoms with Gasteiger partial charge in [-0.05, 0) is 0 Å². The van der Waals surface area contributed by atoms with Crippen LogP contribution in [-0.4, -0.2) is 41.1 Å². The second-order valence-electron chi connectivity index (χ2n) is 2.99. The molecule has 0 aromatic carbocycles. The van der Waals surface area contributed by atoms with Crippen molar-refractivity contribution < 1.29 is 9.90 Å². The van der Waals surface area contributed by atoms with Gasteiger partial charge in [-0.25, -0.2) is 9.48 Å². The SMILES string of the molecule is Cn1cc(-c2nnn(C)c2C(=O)O)nn1. The van der Waals surface area contributed by atoms with Gasteiger partial charge >= 0.3 is 5.97 Å². The molecule has 2 heterocycles. The van der Waals surface area contributed by atoms with E-state index in [0.29, 0.717) is 5.69 Å². The molecule has 2 aromatic heterocycles. The van der Waals surface area contributed by atoms with Crippen LogP contribution in [-0.2, 0) is 14.1 Å². The van der Waals surface area contributed by atoms with Crippen molar-refractivity contribution in [2.75, 3.05) is 0 Å². The number of aryl methyl sites for hydroxylation is 2. The van der Waals surface area contributed by atoms with Crippen LogP contribution in [0.5, 0.6) is 0 Å². The fraction of sp³-hybridized carbons (Fsp3) is 0.286. The van der Waals surface area contributed by atoms with Crippen molar-refractivity contribution in [2.24, 2.45) is 14.1 Å². The third-order valence-corrected chi connectivity index (χ3v) is 1.87. The first-order chi connectivity index (χ1) is 7.09. The summed E-state index contributed by atoms with van der Waals surface area (Å²) in [5.74, 6) is -1.09. The van der Waals surface area contributed by atoms with Crippen molar-refractivity contribution in [1.29, 1.82) is 0 Å². The molecule has 0 unspecified atom stereocenters. The van der Waals surface area contributed by atoms with Crippen LogP contribution in [0, 0.1) is 0 Å². The molecule has 0 spiro atoms. The van der Waals surface area contributed by atoms with E-state index < -0.39 is 5.97 Å².